The Morgan fingerprint density at radius 2 is 2.22 bits per heavy atom. The van der Waals surface area contributed by atoms with E-state index in [0.717, 1.165) is 11.1 Å². The molecule has 0 spiro atoms. The fourth-order valence-electron chi connectivity index (χ4n) is 3.34. The van der Waals surface area contributed by atoms with Crippen molar-refractivity contribution in [3.63, 3.8) is 0 Å². The lowest BCUT2D eigenvalue weighted by Gasteiger charge is -2.23. The number of carbonyl (C=O) groups excluding carboxylic acids is 2. The third-order valence-corrected chi connectivity index (χ3v) is 5.31. The topological polar surface area (TPSA) is 65.5 Å². The summed E-state index contributed by atoms with van der Waals surface area (Å²) >= 11 is 6.00. The van der Waals surface area contributed by atoms with Gasteiger partial charge >= 0.3 is 11.9 Å². The van der Waals surface area contributed by atoms with Crippen molar-refractivity contribution >= 4 is 23.5 Å². The predicted octanol–water partition coefficient (Wildman–Crippen LogP) is 4.43. The molecule has 3 atom stereocenters. The lowest BCUT2D eigenvalue weighted by Crippen LogP contribution is -2.22. The van der Waals surface area contributed by atoms with E-state index < -0.39 is 12.1 Å². The number of nitrogens with zero attached hydrogens (tertiary/aromatic N) is 1. The zero-order valence-electron chi connectivity index (χ0n) is 15.4. The second-order valence-electron chi connectivity index (χ2n) is 6.97. The highest BCUT2D eigenvalue weighted by atomic mass is 35.5. The van der Waals surface area contributed by atoms with E-state index in [0.29, 0.717) is 24.8 Å². The summed E-state index contributed by atoms with van der Waals surface area (Å²) in [5.41, 5.74) is 2.74. The average molecular weight is 388 g/mol. The molecule has 3 rings (SSSR count). The van der Waals surface area contributed by atoms with E-state index in [9.17, 15) is 9.59 Å². The second-order valence-corrected chi connectivity index (χ2v) is 7.33. The Kier molecular flexibility index (Phi) is 5.80. The van der Waals surface area contributed by atoms with Gasteiger partial charge in [-0.3, -0.25) is 0 Å². The van der Waals surface area contributed by atoms with Gasteiger partial charge in [-0.1, -0.05) is 29.8 Å². The van der Waals surface area contributed by atoms with E-state index >= 15 is 0 Å². The van der Waals surface area contributed by atoms with Gasteiger partial charge in [0.05, 0.1) is 5.56 Å². The highest BCUT2D eigenvalue weighted by Gasteiger charge is 2.33. The summed E-state index contributed by atoms with van der Waals surface area (Å²) in [5.74, 6) is -0.824. The van der Waals surface area contributed by atoms with Crippen molar-refractivity contribution in [1.82, 2.24) is 4.98 Å². The number of hydrogen-bond donors (Lipinski definition) is 0. The molecule has 1 aromatic heterocycles. The normalized spacial score (nSPS) is 27.1. The van der Waals surface area contributed by atoms with Gasteiger partial charge < -0.3 is 9.47 Å². The van der Waals surface area contributed by atoms with Crippen LogP contribution in [0.1, 0.15) is 43.5 Å². The molecule has 5 nitrogen and oxygen atoms in total. The zero-order chi connectivity index (χ0) is 19.6. The van der Waals surface area contributed by atoms with Gasteiger partial charge in [-0.15, -0.1) is 0 Å². The van der Waals surface area contributed by atoms with Crippen LogP contribution in [-0.2, 0) is 14.3 Å². The first-order chi connectivity index (χ1) is 12.9. The Hall–Kier alpha value is -2.40. The first kappa shape index (κ1) is 19.4. The summed E-state index contributed by atoms with van der Waals surface area (Å²) < 4.78 is 11.2. The summed E-state index contributed by atoms with van der Waals surface area (Å²) in [6.45, 7) is 7.89. The van der Waals surface area contributed by atoms with Crippen LogP contribution in [0.15, 0.2) is 53.8 Å². The maximum absolute atomic E-state index is 12.5. The smallest absolute Gasteiger partial charge is 0.341 e. The number of halogens is 1. The Labute approximate surface area is 163 Å². The van der Waals surface area contributed by atoms with Crippen LogP contribution < -0.4 is 0 Å². The molecule has 1 aliphatic carbocycles. The lowest BCUT2D eigenvalue weighted by atomic mass is 9.88. The minimum atomic E-state index is -0.528. The fraction of sp³-hybridized carbons (Fsp3) is 0.381. The number of hydrogen-bond acceptors (Lipinski definition) is 5. The van der Waals surface area contributed by atoms with Crippen molar-refractivity contribution in [2.24, 2.45) is 5.92 Å². The van der Waals surface area contributed by atoms with Crippen LogP contribution in [0.5, 0.6) is 0 Å². The molecule has 0 N–H and O–H groups in total. The molecule has 0 amide bonds. The number of esters is 2. The molecule has 2 heterocycles. The highest BCUT2D eigenvalue weighted by Crippen LogP contribution is 2.32. The van der Waals surface area contributed by atoms with Crippen LogP contribution in [0.2, 0.25) is 5.15 Å². The Morgan fingerprint density at radius 1 is 1.44 bits per heavy atom. The van der Waals surface area contributed by atoms with Gasteiger partial charge in [0.15, 0.2) is 0 Å². The standard InChI is InChI=1S/C21H22ClNO4/c1-12(2)15-8-6-13(3)17(9-7-14-11-18(15)27-20(14)24)26-21(25)16-5-4-10-23-19(16)22/h4-6,10-11,15,17-18H,1,7-9H2,2-3H3/b13-6+/t15-,17+,18-/m0/s1. The molecule has 2 bridgehead atoms. The van der Waals surface area contributed by atoms with Crippen molar-refractivity contribution in [2.75, 3.05) is 0 Å². The Morgan fingerprint density at radius 3 is 2.93 bits per heavy atom. The minimum Gasteiger partial charge on any atom is -0.454 e. The first-order valence-electron chi connectivity index (χ1n) is 8.92. The molecular formula is C21H22ClNO4. The molecule has 2 aliphatic rings. The monoisotopic (exact) mass is 387 g/mol. The highest BCUT2D eigenvalue weighted by molar-refractivity contribution is 6.32. The summed E-state index contributed by atoms with van der Waals surface area (Å²) in [6.07, 6.45) is 6.33. The van der Waals surface area contributed by atoms with Gasteiger partial charge in [0.2, 0.25) is 0 Å². The fourth-order valence-corrected chi connectivity index (χ4v) is 3.54. The summed E-state index contributed by atoms with van der Waals surface area (Å²) in [6, 6.07) is 3.21. The van der Waals surface area contributed by atoms with Crippen molar-refractivity contribution in [2.45, 2.75) is 45.3 Å². The van der Waals surface area contributed by atoms with E-state index in [1.807, 2.05) is 26.0 Å². The number of carbonyl (C=O) groups is 2. The van der Waals surface area contributed by atoms with E-state index in [1.165, 1.54) is 6.20 Å². The molecule has 1 aromatic rings. The zero-order valence-corrected chi connectivity index (χ0v) is 16.2. The molecule has 0 saturated carbocycles. The number of ether oxygens (including phenoxy) is 2. The van der Waals surface area contributed by atoms with Crippen LogP contribution in [0.3, 0.4) is 0 Å². The van der Waals surface area contributed by atoms with Crippen LogP contribution in [0.4, 0.5) is 0 Å². The molecule has 142 valence electrons. The van der Waals surface area contributed by atoms with Gasteiger partial charge in [0.1, 0.15) is 17.4 Å². The van der Waals surface area contributed by atoms with E-state index in [1.54, 1.807) is 12.1 Å². The number of allylic oxidation sites excluding steroid dienone is 1. The lowest BCUT2D eigenvalue weighted by molar-refractivity contribution is -0.141. The Balaban J connectivity index is 1.83. The van der Waals surface area contributed by atoms with Gasteiger partial charge in [-0.05, 0) is 56.9 Å². The molecule has 1 aliphatic heterocycles. The molecule has 27 heavy (non-hydrogen) atoms. The van der Waals surface area contributed by atoms with Crippen molar-refractivity contribution in [3.05, 3.63) is 64.5 Å². The molecule has 0 unspecified atom stereocenters. The van der Waals surface area contributed by atoms with Crippen molar-refractivity contribution < 1.29 is 19.1 Å². The van der Waals surface area contributed by atoms with Gasteiger partial charge in [-0.2, -0.15) is 0 Å². The quantitative estimate of drug-likeness (QED) is 0.436. The number of rotatable bonds is 3. The number of pyridine rings is 1. The van der Waals surface area contributed by atoms with E-state index in [4.69, 9.17) is 21.1 Å². The molecule has 0 fully saturated rings. The molecule has 0 radical (unpaired) electrons. The molecular weight excluding hydrogens is 366 g/mol. The van der Waals surface area contributed by atoms with Crippen LogP contribution in [-0.4, -0.2) is 29.1 Å². The van der Waals surface area contributed by atoms with Crippen LogP contribution >= 0.6 is 11.6 Å². The summed E-state index contributed by atoms with van der Waals surface area (Å²) in [5, 5.41) is 0.108. The third-order valence-electron chi connectivity index (χ3n) is 5.01. The van der Waals surface area contributed by atoms with Gasteiger partial charge in [-0.25, -0.2) is 14.6 Å². The van der Waals surface area contributed by atoms with Crippen molar-refractivity contribution in [3.8, 4) is 0 Å². The van der Waals surface area contributed by atoms with Crippen molar-refractivity contribution in [1.29, 1.82) is 0 Å². The number of fused-ring (bicyclic) bond motifs is 1. The minimum absolute atomic E-state index is 0.00335. The van der Waals surface area contributed by atoms with Gasteiger partial charge in [0, 0.05) is 17.7 Å². The predicted molar refractivity (Wildman–Crippen MR) is 102 cm³/mol. The van der Waals surface area contributed by atoms with Gasteiger partial charge in [0.25, 0.3) is 0 Å². The van der Waals surface area contributed by atoms with Crippen LogP contribution in [0.25, 0.3) is 0 Å². The SMILES string of the molecule is C=C(C)[C@@H]1C/C=C(\C)[C@H](OC(=O)c2cccnc2Cl)CCC2=C[C@@H]1OC2=O. The maximum Gasteiger partial charge on any atom is 0.341 e. The van der Waals surface area contributed by atoms with E-state index in [2.05, 4.69) is 11.6 Å². The second kappa shape index (κ2) is 8.09. The molecule has 0 aromatic carbocycles. The van der Waals surface area contributed by atoms with E-state index in [-0.39, 0.29) is 28.7 Å². The largest absolute Gasteiger partial charge is 0.454 e. The Bertz CT molecular complexity index is 842. The third kappa shape index (κ3) is 4.30. The maximum atomic E-state index is 12.5. The molecule has 0 saturated heterocycles. The summed E-state index contributed by atoms with van der Waals surface area (Å²) in [4.78, 5) is 28.6. The first-order valence-corrected chi connectivity index (χ1v) is 9.30. The summed E-state index contributed by atoms with van der Waals surface area (Å²) in [7, 11) is 0. The average Bonchev–Trinajstić information content (AvgIpc) is 2.97. The molecule has 6 heteroatoms. The number of aromatic nitrogens is 1. The van der Waals surface area contributed by atoms with Crippen LogP contribution in [0, 0.1) is 5.92 Å².